The van der Waals surface area contributed by atoms with Gasteiger partial charge in [0.15, 0.2) is 0 Å². The van der Waals surface area contributed by atoms with Crippen molar-refractivity contribution in [3.8, 4) is 0 Å². The Morgan fingerprint density at radius 1 is 1.16 bits per heavy atom. The van der Waals surface area contributed by atoms with Crippen molar-refractivity contribution in [1.82, 2.24) is 19.6 Å². The first-order valence-electron chi connectivity index (χ1n) is 8.46. The van der Waals surface area contributed by atoms with Crippen molar-refractivity contribution in [2.45, 2.75) is 19.0 Å². The van der Waals surface area contributed by atoms with E-state index in [0.29, 0.717) is 19.6 Å². The molecule has 1 atom stereocenters. The molecule has 0 saturated carbocycles. The van der Waals surface area contributed by atoms with Crippen LogP contribution in [0.15, 0.2) is 48.8 Å². The summed E-state index contributed by atoms with van der Waals surface area (Å²) in [5.41, 5.74) is 6.81. The van der Waals surface area contributed by atoms with Crippen LogP contribution in [0.25, 0.3) is 0 Å². The highest BCUT2D eigenvalue weighted by atomic mass is 16.2. The molecule has 132 valence electrons. The van der Waals surface area contributed by atoms with Gasteiger partial charge in [0.1, 0.15) is 12.6 Å². The van der Waals surface area contributed by atoms with Crippen LogP contribution in [0.1, 0.15) is 5.56 Å². The summed E-state index contributed by atoms with van der Waals surface area (Å²) >= 11 is 0. The van der Waals surface area contributed by atoms with Crippen LogP contribution in [0.4, 0.5) is 0 Å². The molecular formula is C18H23N5O2. The third kappa shape index (κ3) is 4.45. The van der Waals surface area contributed by atoms with E-state index < -0.39 is 6.04 Å². The summed E-state index contributed by atoms with van der Waals surface area (Å²) in [5.74, 6) is -0.428. The van der Waals surface area contributed by atoms with E-state index in [1.165, 1.54) is 5.56 Å². The summed E-state index contributed by atoms with van der Waals surface area (Å²) in [4.78, 5) is 28.1. The van der Waals surface area contributed by atoms with E-state index in [2.05, 4.69) is 22.1 Å². The maximum absolute atomic E-state index is 12.4. The summed E-state index contributed by atoms with van der Waals surface area (Å²) in [5, 5.41) is 4.05. The molecule has 2 heterocycles. The van der Waals surface area contributed by atoms with E-state index in [-0.39, 0.29) is 18.4 Å². The summed E-state index contributed by atoms with van der Waals surface area (Å²) in [7, 11) is 0. The van der Waals surface area contributed by atoms with Gasteiger partial charge < -0.3 is 10.6 Å². The monoisotopic (exact) mass is 341 g/mol. The van der Waals surface area contributed by atoms with Gasteiger partial charge >= 0.3 is 0 Å². The van der Waals surface area contributed by atoms with Gasteiger partial charge in [-0.25, -0.2) is 0 Å². The summed E-state index contributed by atoms with van der Waals surface area (Å²) in [6.45, 7) is 2.51. The van der Waals surface area contributed by atoms with Crippen molar-refractivity contribution in [1.29, 1.82) is 0 Å². The van der Waals surface area contributed by atoms with Gasteiger partial charge in [0.25, 0.3) is 0 Å². The number of benzene rings is 1. The number of aromatic nitrogens is 2. The molecule has 2 N–H and O–H groups in total. The topological polar surface area (TPSA) is 84.5 Å². The number of carbonyl (C=O) groups excluding carboxylic acids is 2. The molecule has 0 bridgehead atoms. The minimum absolute atomic E-state index is 0.0438. The molecule has 3 rings (SSSR count). The minimum Gasteiger partial charge on any atom is -0.368 e. The molecule has 0 radical (unpaired) electrons. The Kier molecular flexibility index (Phi) is 5.45. The van der Waals surface area contributed by atoms with Gasteiger partial charge in [-0.2, -0.15) is 5.10 Å². The van der Waals surface area contributed by atoms with Crippen LogP contribution >= 0.6 is 0 Å². The van der Waals surface area contributed by atoms with Crippen LogP contribution in [0.2, 0.25) is 0 Å². The van der Waals surface area contributed by atoms with Gasteiger partial charge in [-0.15, -0.1) is 0 Å². The van der Waals surface area contributed by atoms with E-state index in [1.807, 2.05) is 18.2 Å². The third-order valence-electron chi connectivity index (χ3n) is 4.56. The number of hydrogen-bond acceptors (Lipinski definition) is 4. The second kappa shape index (κ2) is 7.94. The number of rotatable bonds is 6. The highest BCUT2D eigenvalue weighted by molar-refractivity contribution is 5.82. The Balaban J connectivity index is 1.58. The second-order valence-corrected chi connectivity index (χ2v) is 6.23. The van der Waals surface area contributed by atoms with E-state index in [0.717, 1.165) is 13.0 Å². The van der Waals surface area contributed by atoms with Crippen LogP contribution in [0, 0.1) is 0 Å². The minimum atomic E-state index is -0.445. The average Bonchev–Trinajstić information content (AvgIpc) is 3.13. The molecule has 1 aliphatic rings. The lowest BCUT2D eigenvalue weighted by molar-refractivity contribution is -0.137. The first kappa shape index (κ1) is 17.2. The van der Waals surface area contributed by atoms with E-state index in [1.54, 1.807) is 28.0 Å². The summed E-state index contributed by atoms with van der Waals surface area (Å²) < 4.78 is 1.59. The highest BCUT2D eigenvalue weighted by Crippen LogP contribution is 2.12. The summed E-state index contributed by atoms with van der Waals surface area (Å²) in [6.07, 6.45) is 4.24. The van der Waals surface area contributed by atoms with Crippen molar-refractivity contribution in [3.63, 3.8) is 0 Å². The fourth-order valence-corrected chi connectivity index (χ4v) is 3.13. The molecule has 1 aromatic heterocycles. The molecule has 1 saturated heterocycles. The number of amides is 2. The van der Waals surface area contributed by atoms with Gasteiger partial charge in [-0.1, -0.05) is 30.3 Å². The summed E-state index contributed by atoms with van der Waals surface area (Å²) in [6, 6.07) is 11.5. The lowest BCUT2D eigenvalue weighted by atomic mass is 10.1. The van der Waals surface area contributed by atoms with Crippen molar-refractivity contribution in [2.75, 3.05) is 26.2 Å². The lowest BCUT2D eigenvalue weighted by Gasteiger charge is -2.40. The van der Waals surface area contributed by atoms with E-state index in [9.17, 15) is 9.59 Å². The molecule has 7 nitrogen and oxygen atoms in total. The predicted molar refractivity (Wildman–Crippen MR) is 93.5 cm³/mol. The van der Waals surface area contributed by atoms with Crippen LogP contribution in [-0.4, -0.2) is 63.6 Å². The fourth-order valence-electron chi connectivity index (χ4n) is 3.13. The number of nitrogens with two attached hydrogens (primary N) is 1. The van der Waals surface area contributed by atoms with Gasteiger partial charge in [0, 0.05) is 38.6 Å². The van der Waals surface area contributed by atoms with Crippen LogP contribution in [-0.2, 0) is 22.6 Å². The molecule has 0 spiro atoms. The van der Waals surface area contributed by atoms with Crippen molar-refractivity contribution in [3.05, 3.63) is 54.4 Å². The Hall–Kier alpha value is -2.67. The largest absolute Gasteiger partial charge is 0.368 e. The van der Waals surface area contributed by atoms with Crippen LogP contribution in [0.3, 0.4) is 0 Å². The molecule has 2 aromatic rings. The molecule has 2 amide bonds. The number of piperazine rings is 1. The van der Waals surface area contributed by atoms with E-state index in [4.69, 9.17) is 5.73 Å². The molecule has 7 heteroatoms. The van der Waals surface area contributed by atoms with Gasteiger partial charge in [-0.05, 0) is 18.1 Å². The fraction of sp³-hybridized carbons (Fsp3) is 0.389. The zero-order valence-corrected chi connectivity index (χ0v) is 14.1. The second-order valence-electron chi connectivity index (χ2n) is 6.23. The maximum Gasteiger partial charge on any atom is 0.244 e. The average molecular weight is 341 g/mol. The number of carbonyl (C=O) groups is 2. The van der Waals surface area contributed by atoms with Gasteiger partial charge in [0.2, 0.25) is 11.8 Å². The molecule has 25 heavy (non-hydrogen) atoms. The number of nitrogens with zero attached hydrogens (tertiary/aromatic N) is 4. The Morgan fingerprint density at radius 2 is 1.96 bits per heavy atom. The molecule has 0 aliphatic carbocycles. The molecule has 1 aliphatic heterocycles. The van der Waals surface area contributed by atoms with Gasteiger partial charge in [-0.3, -0.25) is 19.2 Å². The zero-order chi connectivity index (χ0) is 17.6. The van der Waals surface area contributed by atoms with E-state index >= 15 is 0 Å². The standard InChI is InChI=1S/C18H23N5O2/c19-18(25)16-13-22(17(24)14-23-9-4-8-20-23)12-11-21(16)10-7-15-5-2-1-3-6-15/h1-6,8-9,16H,7,10-14H2,(H2,19,25). The quantitative estimate of drug-likeness (QED) is 0.809. The number of primary amides is 1. The highest BCUT2D eigenvalue weighted by Gasteiger charge is 2.32. The Morgan fingerprint density at radius 3 is 2.64 bits per heavy atom. The normalized spacial score (nSPS) is 18.2. The Labute approximate surface area is 147 Å². The Bertz CT molecular complexity index is 702. The van der Waals surface area contributed by atoms with Crippen molar-refractivity contribution < 1.29 is 9.59 Å². The molecule has 1 unspecified atom stereocenters. The number of hydrogen-bond donors (Lipinski definition) is 1. The van der Waals surface area contributed by atoms with Crippen molar-refractivity contribution in [2.24, 2.45) is 5.73 Å². The van der Waals surface area contributed by atoms with Gasteiger partial charge in [0.05, 0.1) is 0 Å². The first-order valence-corrected chi connectivity index (χ1v) is 8.46. The predicted octanol–water partition coefficient (Wildman–Crippen LogP) is 0.124. The molecular weight excluding hydrogens is 318 g/mol. The third-order valence-corrected chi connectivity index (χ3v) is 4.56. The molecule has 1 aromatic carbocycles. The first-order chi connectivity index (χ1) is 12.1. The van der Waals surface area contributed by atoms with Crippen LogP contribution < -0.4 is 5.73 Å². The van der Waals surface area contributed by atoms with Crippen LogP contribution in [0.5, 0.6) is 0 Å². The van der Waals surface area contributed by atoms with Crippen molar-refractivity contribution >= 4 is 11.8 Å². The SMILES string of the molecule is NC(=O)C1CN(C(=O)Cn2cccn2)CCN1CCc1ccccc1. The zero-order valence-electron chi connectivity index (χ0n) is 14.1. The molecule has 1 fully saturated rings. The lowest BCUT2D eigenvalue weighted by Crippen LogP contribution is -2.60. The smallest absolute Gasteiger partial charge is 0.244 e. The maximum atomic E-state index is 12.4.